The van der Waals surface area contributed by atoms with Crippen LogP contribution in [-0.4, -0.2) is 49.5 Å². The van der Waals surface area contributed by atoms with Gasteiger partial charge in [0.25, 0.3) is 0 Å². The molecule has 1 unspecified atom stereocenters. The second-order valence-corrected chi connectivity index (χ2v) is 5.96. The van der Waals surface area contributed by atoms with E-state index < -0.39 is 0 Å². The zero-order chi connectivity index (χ0) is 15.9. The zero-order valence-electron chi connectivity index (χ0n) is 14.3. The highest BCUT2D eigenvalue weighted by atomic mass is 127. The van der Waals surface area contributed by atoms with Gasteiger partial charge in [0.2, 0.25) is 5.89 Å². The van der Waals surface area contributed by atoms with Gasteiger partial charge in [-0.2, -0.15) is 4.98 Å². The van der Waals surface area contributed by atoms with E-state index in [9.17, 15) is 0 Å². The molecule has 0 saturated heterocycles. The third-order valence-electron chi connectivity index (χ3n) is 3.13. The number of halogens is 1. The van der Waals surface area contributed by atoms with E-state index in [2.05, 4.69) is 46.5 Å². The minimum absolute atomic E-state index is 0. The van der Waals surface area contributed by atoms with Crippen molar-refractivity contribution in [2.45, 2.75) is 40.2 Å². The highest BCUT2D eigenvalue weighted by Crippen LogP contribution is 2.20. The van der Waals surface area contributed by atoms with E-state index >= 15 is 0 Å². The highest BCUT2D eigenvalue weighted by Gasteiger charge is 2.24. The molecule has 0 aliphatic rings. The topological polar surface area (TPSA) is 84.6 Å². The van der Waals surface area contributed by atoms with Crippen LogP contribution in [0.15, 0.2) is 9.52 Å². The second-order valence-electron chi connectivity index (χ2n) is 5.96. The predicted octanol–water partition coefficient (Wildman–Crippen LogP) is 1.76. The summed E-state index contributed by atoms with van der Waals surface area (Å²) in [6.07, 6.45) is 0.767. The van der Waals surface area contributed by atoms with Crippen molar-refractivity contribution in [1.29, 1.82) is 0 Å². The van der Waals surface area contributed by atoms with Crippen molar-refractivity contribution in [3.05, 3.63) is 11.7 Å². The largest absolute Gasteiger partial charge is 0.379 e. The van der Waals surface area contributed by atoms with Crippen LogP contribution < -0.4 is 10.6 Å². The molecule has 1 atom stereocenters. The molecule has 0 spiro atoms. The lowest BCUT2D eigenvalue weighted by molar-refractivity contribution is 0.0205. The fourth-order valence-electron chi connectivity index (χ4n) is 1.88. The molecule has 0 fully saturated rings. The monoisotopic (exact) mass is 425 g/mol. The summed E-state index contributed by atoms with van der Waals surface area (Å²) in [4.78, 5) is 8.34. The van der Waals surface area contributed by atoms with Gasteiger partial charge in [-0.3, -0.25) is 4.99 Å². The van der Waals surface area contributed by atoms with Gasteiger partial charge in [0.15, 0.2) is 11.8 Å². The van der Waals surface area contributed by atoms with Crippen molar-refractivity contribution in [1.82, 2.24) is 20.8 Å². The summed E-state index contributed by atoms with van der Waals surface area (Å²) in [6.45, 7) is 9.62. The standard InChI is InChI=1S/C14H27N5O2.HI/c1-10-18-12(21-19-10)7-8-16-13(15-5)17-9-11(20-6)14(2,3)4;/h11H,7-9H2,1-6H3,(H2,15,16,17);1H. The minimum atomic E-state index is 0. The minimum Gasteiger partial charge on any atom is -0.379 e. The van der Waals surface area contributed by atoms with Crippen LogP contribution in [0.2, 0.25) is 0 Å². The van der Waals surface area contributed by atoms with Crippen molar-refractivity contribution >= 4 is 29.9 Å². The molecule has 1 aromatic rings. The molecule has 1 aromatic heterocycles. The Balaban J connectivity index is 0.00000441. The molecule has 22 heavy (non-hydrogen) atoms. The van der Waals surface area contributed by atoms with Crippen LogP contribution in [0.4, 0.5) is 0 Å². The Morgan fingerprint density at radius 1 is 1.36 bits per heavy atom. The second kappa shape index (κ2) is 9.98. The number of nitrogens with zero attached hydrogens (tertiary/aromatic N) is 3. The highest BCUT2D eigenvalue weighted by molar-refractivity contribution is 14.0. The smallest absolute Gasteiger partial charge is 0.228 e. The lowest BCUT2D eigenvalue weighted by atomic mass is 9.89. The summed E-state index contributed by atoms with van der Waals surface area (Å²) in [5, 5.41) is 10.2. The molecular weight excluding hydrogens is 397 g/mol. The lowest BCUT2D eigenvalue weighted by Gasteiger charge is -2.30. The van der Waals surface area contributed by atoms with Crippen LogP contribution in [-0.2, 0) is 11.2 Å². The van der Waals surface area contributed by atoms with E-state index in [1.54, 1.807) is 21.1 Å². The Bertz CT molecular complexity index is 456. The van der Waals surface area contributed by atoms with Gasteiger partial charge in [-0.15, -0.1) is 24.0 Å². The quantitative estimate of drug-likeness (QED) is 0.411. The first-order valence-electron chi connectivity index (χ1n) is 7.13. The first-order chi connectivity index (χ1) is 9.86. The number of aliphatic imine (C=N–C) groups is 1. The summed E-state index contributed by atoms with van der Waals surface area (Å²) in [5.74, 6) is 2.01. The number of guanidine groups is 1. The van der Waals surface area contributed by atoms with Crippen LogP contribution in [0.5, 0.6) is 0 Å². The number of hydrogen-bond donors (Lipinski definition) is 2. The Morgan fingerprint density at radius 3 is 2.50 bits per heavy atom. The number of nitrogens with one attached hydrogen (secondary N) is 2. The van der Waals surface area contributed by atoms with Gasteiger partial charge in [0.1, 0.15) is 0 Å². The molecule has 128 valence electrons. The van der Waals surface area contributed by atoms with Crippen LogP contribution in [0.3, 0.4) is 0 Å². The summed E-state index contributed by atoms with van der Waals surface area (Å²) in [6, 6.07) is 0. The number of ether oxygens (including phenoxy) is 1. The van der Waals surface area contributed by atoms with Gasteiger partial charge < -0.3 is 19.9 Å². The van der Waals surface area contributed by atoms with Crippen LogP contribution in [0.25, 0.3) is 0 Å². The SMILES string of the molecule is CN=C(NCCc1nc(C)no1)NCC(OC)C(C)(C)C.I. The summed E-state index contributed by atoms with van der Waals surface area (Å²) >= 11 is 0. The van der Waals surface area contributed by atoms with Gasteiger partial charge in [0, 0.05) is 33.7 Å². The molecular formula is C14H28IN5O2. The molecule has 0 aliphatic carbocycles. The van der Waals surface area contributed by atoms with Gasteiger partial charge in [-0.25, -0.2) is 0 Å². The van der Waals surface area contributed by atoms with Gasteiger partial charge in [-0.1, -0.05) is 25.9 Å². The summed E-state index contributed by atoms with van der Waals surface area (Å²) in [7, 11) is 3.47. The van der Waals surface area contributed by atoms with Crippen LogP contribution >= 0.6 is 24.0 Å². The third kappa shape index (κ3) is 7.39. The van der Waals surface area contributed by atoms with Crippen molar-refractivity contribution in [3.63, 3.8) is 0 Å². The van der Waals surface area contributed by atoms with E-state index in [1.165, 1.54) is 0 Å². The average molecular weight is 425 g/mol. The van der Waals surface area contributed by atoms with E-state index in [4.69, 9.17) is 9.26 Å². The maximum atomic E-state index is 5.51. The van der Waals surface area contributed by atoms with Gasteiger partial charge in [0.05, 0.1) is 6.10 Å². The third-order valence-corrected chi connectivity index (χ3v) is 3.13. The Labute approximate surface area is 149 Å². The van der Waals surface area contributed by atoms with Crippen molar-refractivity contribution in [2.24, 2.45) is 10.4 Å². The number of hydrogen-bond acceptors (Lipinski definition) is 5. The molecule has 7 nitrogen and oxygen atoms in total. The molecule has 1 heterocycles. The van der Waals surface area contributed by atoms with E-state index in [-0.39, 0.29) is 35.5 Å². The molecule has 2 N–H and O–H groups in total. The maximum absolute atomic E-state index is 5.51. The lowest BCUT2D eigenvalue weighted by Crippen LogP contribution is -2.45. The number of aromatic nitrogens is 2. The van der Waals surface area contributed by atoms with Crippen LogP contribution in [0.1, 0.15) is 32.5 Å². The van der Waals surface area contributed by atoms with Gasteiger partial charge >= 0.3 is 0 Å². The Hall–Kier alpha value is -0.900. The summed E-state index contributed by atoms with van der Waals surface area (Å²) in [5.41, 5.74) is 0.0713. The fourth-order valence-corrected chi connectivity index (χ4v) is 1.88. The maximum Gasteiger partial charge on any atom is 0.228 e. The molecule has 0 aromatic carbocycles. The van der Waals surface area contributed by atoms with E-state index in [0.717, 1.165) is 5.96 Å². The average Bonchev–Trinajstić information content (AvgIpc) is 2.81. The first kappa shape index (κ1) is 21.1. The van der Waals surface area contributed by atoms with Crippen molar-refractivity contribution in [3.8, 4) is 0 Å². The van der Waals surface area contributed by atoms with E-state index in [0.29, 0.717) is 31.2 Å². The van der Waals surface area contributed by atoms with Crippen LogP contribution in [0, 0.1) is 12.3 Å². The molecule has 0 bridgehead atoms. The predicted molar refractivity (Wildman–Crippen MR) is 97.8 cm³/mol. The Kier molecular flexibility index (Phi) is 9.58. The van der Waals surface area contributed by atoms with E-state index in [1.807, 2.05) is 0 Å². The molecule has 0 radical (unpaired) electrons. The molecule has 0 saturated carbocycles. The number of methoxy groups -OCH3 is 1. The molecule has 8 heteroatoms. The van der Waals surface area contributed by atoms with Gasteiger partial charge in [-0.05, 0) is 12.3 Å². The zero-order valence-corrected chi connectivity index (χ0v) is 16.6. The van der Waals surface area contributed by atoms with Crippen molar-refractivity contribution < 1.29 is 9.26 Å². The molecule has 1 rings (SSSR count). The normalized spacial score (nSPS) is 13.5. The Morgan fingerprint density at radius 2 is 2.05 bits per heavy atom. The number of aryl methyl sites for hydroxylation is 1. The molecule has 0 amide bonds. The first-order valence-corrected chi connectivity index (χ1v) is 7.13. The summed E-state index contributed by atoms with van der Waals surface area (Å²) < 4.78 is 10.6. The number of rotatable bonds is 6. The van der Waals surface area contributed by atoms with Crippen molar-refractivity contribution in [2.75, 3.05) is 27.2 Å². The fraction of sp³-hybridized carbons (Fsp3) is 0.786. The molecule has 0 aliphatic heterocycles.